The van der Waals surface area contributed by atoms with Crippen LogP contribution in [0.3, 0.4) is 0 Å². The van der Waals surface area contributed by atoms with E-state index >= 15 is 0 Å². The second-order valence-corrected chi connectivity index (χ2v) is 6.44. The summed E-state index contributed by atoms with van der Waals surface area (Å²) in [4.78, 5) is 10.9. The Hall–Kier alpha value is -2.64. The number of piperidine rings is 1. The minimum atomic E-state index is -0.266. The molecule has 1 aromatic carbocycles. The minimum absolute atomic E-state index is 0.0658. The summed E-state index contributed by atoms with van der Waals surface area (Å²) in [5.41, 5.74) is 0. The van der Waals surface area contributed by atoms with Crippen molar-refractivity contribution in [1.82, 2.24) is 25.4 Å². The van der Waals surface area contributed by atoms with Gasteiger partial charge in [-0.05, 0) is 44.0 Å². The Morgan fingerprint density at radius 2 is 2.12 bits per heavy atom. The third kappa shape index (κ3) is 4.71. The molecule has 0 radical (unpaired) electrons. The Bertz CT molecular complexity index is 695. The third-order valence-corrected chi connectivity index (χ3v) is 4.53. The maximum absolute atomic E-state index is 12.9. The molecule has 0 bridgehead atoms. The lowest BCUT2D eigenvalue weighted by atomic mass is 9.96. The van der Waals surface area contributed by atoms with Gasteiger partial charge in [-0.25, -0.2) is 9.37 Å². The number of rotatable bonds is 5. The van der Waals surface area contributed by atoms with Gasteiger partial charge in [0, 0.05) is 26.1 Å². The molecular formula is C18H25FN6O. The van der Waals surface area contributed by atoms with Gasteiger partial charge in [-0.15, -0.1) is 0 Å². The van der Waals surface area contributed by atoms with E-state index in [4.69, 9.17) is 4.74 Å². The zero-order valence-electron chi connectivity index (χ0n) is 15.2. The van der Waals surface area contributed by atoms with E-state index < -0.39 is 0 Å². The molecule has 3 rings (SSSR count). The fraction of sp³-hybridized carbons (Fsp3) is 0.500. The molecule has 7 nitrogen and oxygen atoms in total. The molecule has 26 heavy (non-hydrogen) atoms. The van der Waals surface area contributed by atoms with Gasteiger partial charge in [-0.2, -0.15) is 5.10 Å². The van der Waals surface area contributed by atoms with E-state index in [9.17, 15) is 4.39 Å². The third-order valence-electron chi connectivity index (χ3n) is 4.53. The van der Waals surface area contributed by atoms with Crippen molar-refractivity contribution in [3.05, 3.63) is 42.2 Å². The molecule has 8 heteroatoms. The number of guanidine groups is 1. The van der Waals surface area contributed by atoms with Gasteiger partial charge in [0.15, 0.2) is 5.96 Å². The molecule has 0 aliphatic carbocycles. The highest BCUT2D eigenvalue weighted by Gasteiger charge is 2.24. The topological polar surface area (TPSA) is 78.4 Å². The highest BCUT2D eigenvalue weighted by molar-refractivity contribution is 5.80. The summed E-state index contributed by atoms with van der Waals surface area (Å²) >= 11 is 0. The molecule has 2 N–H and O–H groups in total. The molecule has 140 valence electrons. The fourth-order valence-electron chi connectivity index (χ4n) is 3.13. The van der Waals surface area contributed by atoms with E-state index in [0.717, 1.165) is 37.7 Å². The highest BCUT2D eigenvalue weighted by Crippen LogP contribution is 2.24. The second kappa shape index (κ2) is 8.64. The Kier molecular flexibility index (Phi) is 6.04. The Balaban J connectivity index is 1.45. The molecule has 0 spiro atoms. The maximum Gasteiger partial charge on any atom is 0.193 e. The van der Waals surface area contributed by atoms with Crippen molar-refractivity contribution in [2.75, 3.05) is 26.7 Å². The van der Waals surface area contributed by atoms with Crippen LogP contribution in [0.15, 0.2) is 35.6 Å². The number of nitrogens with one attached hydrogen (secondary N) is 2. The van der Waals surface area contributed by atoms with Crippen LogP contribution in [0, 0.1) is 5.82 Å². The summed E-state index contributed by atoms with van der Waals surface area (Å²) in [6.07, 6.45) is 3.52. The van der Waals surface area contributed by atoms with Gasteiger partial charge in [-0.3, -0.25) is 10.1 Å². The van der Waals surface area contributed by atoms with Crippen molar-refractivity contribution in [2.45, 2.75) is 31.8 Å². The molecule has 0 amide bonds. The molecule has 1 saturated heterocycles. The van der Waals surface area contributed by atoms with Gasteiger partial charge in [0.05, 0.1) is 6.54 Å². The van der Waals surface area contributed by atoms with Gasteiger partial charge in [0.25, 0.3) is 0 Å². The zero-order valence-corrected chi connectivity index (χ0v) is 15.2. The van der Waals surface area contributed by atoms with Gasteiger partial charge in [0.1, 0.15) is 29.8 Å². The average molecular weight is 360 g/mol. The molecule has 1 aliphatic rings. The molecule has 2 heterocycles. The molecule has 1 atom stereocenters. The number of aromatic nitrogens is 3. The van der Waals surface area contributed by atoms with E-state index in [1.54, 1.807) is 25.5 Å². The Morgan fingerprint density at radius 3 is 2.73 bits per heavy atom. The first-order valence-corrected chi connectivity index (χ1v) is 8.88. The average Bonchev–Trinajstić information content (AvgIpc) is 3.19. The van der Waals surface area contributed by atoms with Gasteiger partial charge in [-0.1, -0.05) is 0 Å². The van der Waals surface area contributed by atoms with Crippen LogP contribution in [0.1, 0.15) is 31.5 Å². The van der Waals surface area contributed by atoms with Crippen LogP contribution in [0.5, 0.6) is 5.75 Å². The first-order valence-electron chi connectivity index (χ1n) is 8.88. The van der Waals surface area contributed by atoms with Crippen molar-refractivity contribution in [3.8, 4) is 5.75 Å². The van der Waals surface area contributed by atoms with Crippen molar-refractivity contribution in [2.24, 2.45) is 4.99 Å². The minimum Gasteiger partial charge on any atom is -0.489 e. The molecular weight excluding hydrogens is 335 g/mol. The number of hydrogen-bond donors (Lipinski definition) is 2. The highest BCUT2D eigenvalue weighted by atomic mass is 19.1. The summed E-state index contributed by atoms with van der Waals surface area (Å²) in [5, 5.41) is 10.3. The number of aliphatic imine (C=N–C) groups is 1. The predicted molar refractivity (Wildman–Crippen MR) is 97.8 cm³/mol. The van der Waals surface area contributed by atoms with Crippen LogP contribution in [-0.4, -0.2) is 58.8 Å². The summed E-state index contributed by atoms with van der Waals surface area (Å²) < 4.78 is 18.7. The lowest BCUT2D eigenvalue weighted by Gasteiger charge is -2.33. The van der Waals surface area contributed by atoms with Crippen LogP contribution in [0.4, 0.5) is 4.39 Å². The van der Waals surface area contributed by atoms with Crippen LogP contribution < -0.4 is 10.1 Å². The van der Waals surface area contributed by atoms with Crippen LogP contribution >= 0.6 is 0 Å². The Labute approximate surface area is 152 Å². The largest absolute Gasteiger partial charge is 0.489 e. The molecule has 1 aromatic heterocycles. The molecule has 1 aliphatic heterocycles. The molecule has 2 aromatic rings. The quantitative estimate of drug-likeness (QED) is 0.631. The van der Waals surface area contributed by atoms with Crippen LogP contribution in [-0.2, 0) is 0 Å². The summed E-state index contributed by atoms with van der Waals surface area (Å²) in [6.45, 7) is 4.42. The van der Waals surface area contributed by atoms with E-state index in [1.165, 1.54) is 12.1 Å². The van der Waals surface area contributed by atoms with Gasteiger partial charge >= 0.3 is 0 Å². The first-order chi connectivity index (χ1) is 12.7. The van der Waals surface area contributed by atoms with Crippen molar-refractivity contribution in [3.63, 3.8) is 0 Å². The Morgan fingerprint density at radius 1 is 1.38 bits per heavy atom. The van der Waals surface area contributed by atoms with Crippen LogP contribution in [0.25, 0.3) is 0 Å². The fourth-order valence-corrected chi connectivity index (χ4v) is 3.13. The maximum atomic E-state index is 12.9. The first kappa shape index (κ1) is 18.2. The zero-order chi connectivity index (χ0) is 18.4. The number of aromatic amines is 1. The number of nitrogens with zero attached hydrogens (tertiary/aromatic N) is 4. The molecule has 1 unspecified atom stereocenters. The van der Waals surface area contributed by atoms with E-state index in [2.05, 4.69) is 30.4 Å². The number of halogens is 1. The van der Waals surface area contributed by atoms with E-state index in [1.807, 2.05) is 6.92 Å². The summed E-state index contributed by atoms with van der Waals surface area (Å²) in [6, 6.07) is 6.06. The lowest BCUT2D eigenvalue weighted by Crippen LogP contribution is -2.47. The normalized spacial score (nSPS) is 17.2. The number of benzene rings is 1. The predicted octanol–water partition coefficient (Wildman–Crippen LogP) is 2.17. The number of likely N-dealkylation sites (tertiary alicyclic amines) is 1. The SMILES string of the molecule is CN=C(NCC(C)Oc1ccc(F)cc1)N1CCC(c2ncn[nH]2)CC1. The van der Waals surface area contributed by atoms with E-state index in [0.29, 0.717) is 18.2 Å². The monoisotopic (exact) mass is 360 g/mol. The molecule has 0 saturated carbocycles. The smallest absolute Gasteiger partial charge is 0.193 e. The van der Waals surface area contributed by atoms with E-state index in [-0.39, 0.29) is 11.9 Å². The standard InChI is InChI=1S/C18H25FN6O/c1-13(26-16-5-3-15(19)4-6-16)11-21-18(20-2)25-9-7-14(8-10-25)17-22-12-23-24-17/h3-6,12-14H,7-11H2,1-2H3,(H,20,21)(H,22,23,24). The van der Waals surface area contributed by atoms with Crippen molar-refractivity contribution < 1.29 is 9.13 Å². The number of H-pyrrole nitrogens is 1. The van der Waals surface area contributed by atoms with Gasteiger partial charge in [0.2, 0.25) is 0 Å². The number of hydrogen-bond acceptors (Lipinski definition) is 4. The summed E-state index contributed by atoms with van der Waals surface area (Å²) in [5.74, 6) is 2.65. The second-order valence-electron chi connectivity index (χ2n) is 6.44. The summed E-state index contributed by atoms with van der Waals surface area (Å²) in [7, 11) is 1.79. The van der Waals surface area contributed by atoms with Crippen molar-refractivity contribution >= 4 is 5.96 Å². The lowest BCUT2D eigenvalue weighted by molar-refractivity contribution is 0.220. The van der Waals surface area contributed by atoms with Crippen molar-refractivity contribution in [1.29, 1.82) is 0 Å². The molecule has 1 fully saturated rings. The van der Waals surface area contributed by atoms with Crippen LogP contribution in [0.2, 0.25) is 0 Å². The van der Waals surface area contributed by atoms with Gasteiger partial charge < -0.3 is 15.0 Å². The number of ether oxygens (including phenoxy) is 1.